The molecule has 14 heavy (non-hydrogen) atoms. The number of hydrogen-bond acceptors (Lipinski definition) is 4. The van der Waals surface area contributed by atoms with Gasteiger partial charge in [0.2, 0.25) is 0 Å². The zero-order valence-corrected chi connectivity index (χ0v) is 8.76. The van der Waals surface area contributed by atoms with Crippen molar-refractivity contribution in [1.29, 1.82) is 0 Å². The summed E-state index contributed by atoms with van der Waals surface area (Å²) >= 11 is 1.73. The highest BCUT2D eigenvalue weighted by atomic mass is 32.2. The molecule has 0 radical (unpaired) electrons. The largest absolute Gasteiger partial charge is 0.393 e. The third-order valence-electron chi connectivity index (χ3n) is 1.72. The molecule has 0 atom stereocenters. The van der Waals surface area contributed by atoms with E-state index in [4.69, 9.17) is 5.73 Å². The number of anilines is 1. The van der Waals surface area contributed by atoms with Crippen molar-refractivity contribution in [3.8, 4) is 0 Å². The molecule has 0 aliphatic heterocycles. The van der Waals surface area contributed by atoms with E-state index in [-0.39, 0.29) is 5.69 Å². The van der Waals surface area contributed by atoms with Gasteiger partial charge in [0.15, 0.2) is 0 Å². The van der Waals surface area contributed by atoms with Gasteiger partial charge in [0.1, 0.15) is 5.69 Å². The molecule has 6 heteroatoms. The summed E-state index contributed by atoms with van der Waals surface area (Å²) in [7, 11) is 0. The Hall–Kier alpha value is -1.17. The minimum absolute atomic E-state index is 0.0751. The van der Waals surface area contributed by atoms with Gasteiger partial charge in [-0.05, 0) is 5.75 Å². The second kappa shape index (κ2) is 4.90. The van der Waals surface area contributed by atoms with E-state index in [1.165, 1.54) is 10.8 Å². The van der Waals surface area contributed by atoms with Crippen molar-refractivity contribution < 1.29 is 0 Å². The fraction of sp³-hybridized carbons (Fsp3) is 0.500. The number of thioether (sulfide) groups is 1. The van der Waals surface area contributed by atoms with E-state index in [0.717, 1.165) is 11.5 Å². The van der Waals surface area contributed by atoms with E-state index in [2.05, 4.69) is 11.9 Å². The Morgan fingerprint density at radius 2 is 2.29 bits per heavy atom. The van der Waals surface area contributed by atoms with Crippen LogP contribution < -0.4 is 17.0 Å². The van der Waals surface area contributed by atoms with Crippen molar-refractivity contribution in [2.24, 2.45) is 0 Å². The van der Waals surface area contributed by atoms with Gasteiger partial charge >= 0.3 is 5.69 Å². The fourth-order valence-electron chi connectivity index (χ4n) is 1.000. The van der Waals surface area contributed by atoms with Crippen molar-refractivity contribution >= 4 is 17.4 Å². The van der Waals surface area contributed by atoms with E-state index < -0.39 is 11.2 Å². The van der Waals surface area contributed by atoms with Crippen LogP contribution in [0, 0.1) is 0 Å². The monoisotopic (exact) mass is 215 g/mol. The Morgan fingerprint density at radius 1 is 1.57 bits per heavy atom. The first-order valence-corrected chi connectivity index (χ1v) is 5.47. The van der Waals surface area contributed by atoms with Gasteiger partial charge in [-0.25, -0.2) is 4.79 Å². The lowest BCUT2D eigenvalue weighted by Gasteiger charge is -2.04. The molecule has 1 aromatic rings. The first kappa shape index (κ1) is 10.9. The second-order valence-electron chi connectivity index (χ2n) is 2.73. The Bertz CT molecular complexity index is 410. The van der Waals surface area contributed by atoms with Gasteiger partial charge in [-0.3, -0.25) is 14.3 Å². The quantitative estimate of drug-likeness (QED) is 0.686. The van der Waals surface area contributed by atoms with Crippen molar-refractivity contribution in [2.45, 2.75) is 13.5 Å². The zero-order chi connectivity index (χ0) is 10.6. The van der Waals surface area contributed by atoms with E-state index in [9.17, 15) is 9.59 Å². The van der Waals surface area contributed by atoms with Gasteiger partial charge in [0, 0.05) is 18.5 Å². The van der Waals surface area contributed by atoms with E-state index in [1.54, 1.807) is 11.8 Å². The molecule has 0 saturated heterocycles. The van der Waals surface area contributed by atoms with Crippen LogP contribution in [0.1, 0.15) is 6.92 Å². The molecule has 1 rings (SSSR count). The molecule has 1 heterocycles. The van der Waals surface area contributed by atoms with Crippen LogP contribution >= 0.6 is 11.8 Å². The minimum atomic E-state index is -0.519. The predicted octanol–water partition coefficient (Wildman–Crippen LogP) is -0.128. The molecule has 78 valence electrons. The Kier molecular flexibility index (Phi) is 3.82. The third kappa shape index (κ3) is 2.66. The number of nitrogens with two attached hydrogens (primary N) is 1. The molecule has 0 bridgehead atoms. The summed E-state index contributed by atoms with van der Waals surface area (Å²) in [6, 6.07) is 0. The van der Waals surface area contributed by atoms with Gasteiger partial charge in [0.05, 0.1) is 0 Å². The number of aromatic amines is 1. The van der Waals surface area contributed by atoms with Gasteiger partial charge < -0.3 is 5.73 Å². The van der Waals surface area contributed by atoms with Gasteiger partial charge in [0.25, 0.3) is 5.56 Å². The van der Waals surface area contributed by atoms with Crippen molar-refractivity contribution in [1.82, 2.24) is 9.55 Å². The molecule has 0 aliphatic carbocycles. The van der Waals surface area contributed by atoms with Crippen molar-refractivity contribution in [3.05, 3.63) is 27.0 Å². The Morgan fingerprint density at radius 3 is 2.93 bits per heavy atom. The first-order chi connectivity index (χ1) is 6.65. The second-order valence-corrected chi connectivity index (χ2v) is 4.13. The van der Waals surface area contributed by atoms with Crippen LogP contribution in [0.3, 0.4) is 0 Å². The smallest absolute Gasteiger partial charge is 0.328 e. The molecule has 0 aliphatic rings. The Labute approximate surface area is 85.3 Å². The molecule has 0 amide bonds. The van der Waals surface area contributed by atoms with Crippen LogP contribution in [-0.2, 0) is 6.54 Å². The lowest BCUT2D eigenvalue weighted by atomic mass is 10.5. The van der Waals surface area contributed by atoms with Crippen LogP contribution in [0.25, 0.3) is 0 Å². The number of nitrogen functional groups attached to an aromatic ring is 1. The maximum Gasteiger partial charge on any atom is 0.328 e. The highest BCUT2D eigenvalue weighted by molar-refractivity contribution is 7.99. The lowest BCUT2D eigenvalue weighted by molar-refractivity contribution is 0.703. The number of nitrogens with zero attached hydrogens (tertiary/aromatic N) is 1. The van der Waals surface area contributed by atoms with Crippen LogP contribution in [0.4, 0.5) is 5.69 Å². The molecular weight excluding hydrogens is 202 g/mol. The van der Waals surface area contributed by atoms with Crippen molar-refractivity contribution in [3.63, 3.8) is 0 Å². The summed E-state index contributed by atoms with van der Waals surface area (Å²) < 4.78 is 1.42. The minimum Gasteiger partial charge on any atom is -0.393 e. The zero-order valence-electron chi connectivity index (χ0n) is 7.95. The van der Waals surface area contributed by atoms with Gasteiger partial charge in [-0.15, -0.1) is 0 Å². The van der Waals surface area contributed by atoms with Gasteiger partial charge in [-0.1, -0.05) is 6.92 Å². The van der Waals surface area contributed by atoms with Crippen LogP contribution in [-0.4, -0.2) is 21.1 Å². The third-order valence-corrected chi connectivity index (χ3v) is 2.60. The standard InChI is InChI=1S/C8H13N3O2S/c1-2-14-4-3-11-5-6(9)7(12)10-8(11)13/h5H,2-4,9H2,1H3,(H,10,12,13). The highest BCUT2D eigenvalue weighted by Gasteiger charge is 2.00. The number of H-pyrrole nitrogens is 1. The van der Waals surface area contributed by atoms with Crippen LogP contribution in [0.5, 0.6) is 0 Å². The summed E-state index contributed by atoms with van der Waals surface area (Å²) in [5, 5.41) is 0. The molecule has 3 N–H and O–H groups in total. The number of hydrogen-bond donors (Lipinski definition) is 2. The van der Waals surface area contributed by atoms with Crippen molar-refractivity contribution in [2.75, 3.05) is 17.2 Å². The topological polar surface area (TPSA) is 80.9 Å². The molecule has 1 aromatic heterocycles. The lowest BCUT2D eigenvalue weighted by Crippen LogP contribution is -2.31. The average molecular weight is 215 g/mol. The highest BCUT2D eigenvalue weighted by Crippen LogP contribution is 1.98. The summed E-state index contributed by atoms with van der Waals surface area (Å²) in [4.78, 5) is 24.3. The predicted molar refractivity (Wildman–Crippen MR) is 58.7 cm³/mol. The normalized spacial score (nSPS) is 10.4. The molecule has 0 aromatic carbocycles. The summed E-state index contributed by atoms with van der Waals surface area (Å²) in [5.74, 6) is 1.84. The molecule has 0 saturated carbocycles. The number of rotatable bonds is 4. The molecule has 0 unspecified atom stereocenters. The van der Waals surface area contributed by atoms with Crippen LogP contribution in [0.2, 0.25) is 0 Å². The molecule has 5 nitrogen and oxygen atoms in total. The van der Waals surface area contributed by atoms with E-state index in [1.807, 2.05) is 0 Å². The maximum atomic E-state index is 11.2. The summed E-state index contributed by atoms with van der Waals surface area (Å²) in [6.45, 7) is 2.62. The number of aromatic nitrogens is 2. The summed E-state index contributed by atoms with van der Waals surface area (Å²) in [5.41, 5.74) is 4.54. The van der Waals surface area contributed by atoms with Crippen LogP contribution in [0.15, 0.2) is 15.8 Å². The van der Waals surface area contributed by atoms with Gasteiger partial charge in [-0.2, -0.15) is 11.8 Å². The Balaban J connectivity index is 2.82. The molecule has 0 spiro atoms. The number of nitrogens with one attached hydrogen (secondary N) is 1. The fourth-order valence-corrected chi connectivity index (χ4v) is 1.61. The summed E-state index contributed by atoms with van der Waals surface area (Å²) in [6.07, 6.45) is 1.39. The van der Waals surface area contributed by atoms with E-state index >= 15 is 0 Å². The SMILES string of the molecule is CCSCCn1cc(N)c(=O)[nH]c1=O. The maximum absolute atomic E-state index is 11.2. The molecule has 0 fully saturated rings. The average Bonchev–Trinajstić information content (AvgIpc) is 2.14. The molecular formula is C8H13N3O2S. The first-order valence-electron chi connectivity index (χ1n) is 4.32. The number of aryl methyl sites for hydroxylation is 1. The van der Waals surface area contributed by atoms with E-state index in [0.29, 0.717) is 6.54 Å².